The molecule has 19 heavy (non-hydrogen) atoms. The van der Waals surface area contributed by atoms with Crippen LogP contribution in [0.5, 0.6) is 0 Å². The van der Waals surface area contributed by atoms with E-state index in [0.717, 1.165) is 19.3 Å². The van der Waals surface area contributed by atoms with Gasteiger partial charge in [-0.2, -0.15) is 5.26 Å². The first-order valence-corrected chi connectivity index (χ1v) is 7.04. The number of carbonyl (C=O) groups excluding carboxylic acids is 1. The minimum absolute atomic E-state index is 0.290. The Bertz CT molecular complexity index is 533. The molecule has 0 spiro atoms. The molecule has 5 heteroatoms. The first-order chi connectivity index (χ1) is 9.07. The van der Waals surface area contributed by atoms with Crippen molar-refractivity contribution in [2.45, 2.75) is 32.1 Å². The normalized spacial score (nSPS) is 17.5. The van der Waals surface area contributed by atoms with E-state index in [9.17, 15) is 14.4 Å². The largest absolute Gasteiger partial charge is 0.324 e. The van der Waals surface area contributed by atoms with E-state index in [1.807, 2.05) is 0 Å². The fourth-order valence-electron chi connectivity index (χ4n) is 2.38. The molecule has 1 saturated carbocycles. The van der Waals surface area contributed by atoms with E-state index in [4.69, 9.17) is 0 Å². The van der Waals surface area contributed by atoms with Crippen LogP contribution in [0, 0.1) is 22.6 Å². The Morgan fingerprint density at radius 2 is 2.05 bits per heavy atom. The van der Waals surface area contributed by atoms with Gasteiger partial charge < -0.3 is 5.32 Å². The molecule has 1 aliphatic rings. The Kier molecular flexibility index (Phi) is 4.20. The molecule has 1 amide bonds. The molecule has 1 N–H and O–H groups in total. The van der Waals surface area contributed by atoms with Crippen LogP contribution in [-0.2, 0) is 4.79 Å². The highest BCUT2D eigenvalue weighted by molar-refractivity contribution is 9.10. The van der Waals surface area contributed by atoms with Crippen LogP contribution in [0.1, 0.15) is 32.1 Å². The number of nitrogens with one attached hydrogen (secondary N) is 1. The summed E-state index contributed by atoms with van der Waals surface area (Å²) in [5.74, 6) is -0.667. The van der Waals surface area contributed by atoms with Crippen molar-refractivity contribution in [1.29, 1.82) is 5.26 Å². The number of benzene rings is 1. The molecule has 0 radical (unpaired) electrons. The number of rotatable bonds is 2. The number of carbonyl (C=O) groups is 1. The molecule has 1 fully saturated rings. The standard InChI is InChI=1S/C14H14BrFN2O/c15-11-8-10(16)4-5-12(11)18-13(19)14(9-17)6-2-1-3-7-14/h4-5,8H,1-3,6-7H2,(H,18,19). The van der Waals surface area contributed by atoms with E-state index >= 15 is 0 Å². The fourth-order valence-corrected chi connectivity index (χ4v) is 2.83. The predicted octanol–water partition coefficient (Wildman–Crippen LogP) is 4.00. The quantitative estimate of drug-likeness (QED) is 0.893. The van der Waals surface area contributed by atoms with E-state index < -0.39 is 5.41 Å². The highest BCUT2D eigenvalue weighted by Gasteiger charge is 2.39. The molecule has 2 rings (SSSR count). The van der Waals surface area contributed by atoms with Crippen LogP contribution in [0.15, 0.2) is 22.7 Å². The zero-order chi connectivity index (χ0) is 13.9. The van der Waals surface area contributed by atoms with Gasteiger partial charge in [-0.3, -0.25) is 4.79 Å². The van der Waals surface area contributed by atoms with Gasteiger partial charge in [-0.05, 0) is 47.0 Å². The number of halogens is 2. The van der Waals surface area contributed by atoms with Crippen LogP contribution in [0.3, 0.4) is 0 Å². The van der Waals surface area contributed by atoms with Gasteiger partial charge in [0.1, 0.15) is 11.2 Å². The summed E-state index contributed by atoms with van der Waals surface area (Å²) in [6.45, 7) is 0. The number of nitriles is 1. The van der Waals surface area contributed by atoms with Gasteiger partial charge in [0.15, 0.2) is 0 Å². The molecule has 3 nitrogen and oxygen atoms in total. The maximum Gasteiger partial charge on any atom is 0.244 e. The third-order valence-electron chi connectivity index (χ3n) is 3.54. The van der Waals surface area contributed by atoms with Crippen LogP contribution in [0.2, 0.25) is 0 Å². The lowest BCUT2D eigenvalue weighted by atomic mass is 9.74. The van der Waals surface area contributed by atoms with Crippen molar-refractivity contribution in [2.24, 2.45) is 5.41 Å². The first kappa shape index (κ1) is 14.0. The summed E-state index contributed by atoms with van der Waals surface area (Å²) >= 11 is 3.20. The highest BCUT2D eigenvalue weighted by Crippen LogP contribution is 2.37. The van der Waals surface area contributed by atoms with E-state index in [2.05, 4.69) is 27.3 Å². The highest BCUT2D eigenvalue weighted by atomic mass is 79.9. The summed E-state index contributed by atoms with van der Waals surface area (Å²) in [4.78, 5) is 12.3. The Morgan fingerprint density at radius 1 is 1.37 bits per heavy atom. The second kappa shape index (κ2) is 5.70. The van der Waals surface area contributed by atoms with Crippen LogP contribution in [0.4, 0.5) is 10.1 Å². The van der Waals surface area contributed by atoms with Gasteiger partial charge in [0.25, 0.3) is 0 Å². The Morgan fingerprint density at radius 3 is 2.63 bits per heavy atom. The molecule has 100 valence electrons. The lowest BCUT2D eigenvalue weighted by Crippen LogP contribution is -2.36. The van der Waals surface area contributed by atoms with Gasteiger partial charge in [-0.25, -0.2) is 4.39 Å². The van der Waals surface area contributed by atoms with E-state index in [1.165, 1.54) is 18.2 Å². The van der Waals surface area contributed by atoms with E-state index in [0.29, 0.717) is 23.0 Å². The second-order valence-corrected chi connectivity index (χ2v) is 5.69. The van der Waals surface area contributed by atoms with Crippen LogP contribution in [0.25, 0.3) is 0 Å². The Labute approximate surface area is 119 Å². The second-order valence-electron chi connectivity index (χ2n) is 4.83. The Balaban J connectivity index is 2.18. The molecular formula is C14H14BrFN2O. The summed E-state index contributed by atoms with van der Waals surface area (Å²) in [7, 11) is 0. The van der Waals surface area contributed by atoms with E-state index in [1.54, 1.807) is 0 Å². The molecule has 1 aromatic carbocycles. The van der Waals surface area contributed by atoms with Gasteiger partial charge in [-0.15, -0.1) is 0 Å². The Hall–Kier alpha value is -1.41. The SMILES string of the molecule is N#CC1(C(=O)Nc2ccc(F)cc2Br)CCCCC1. The lowest BCUT2D eigenvalue weighted by molar-refractivity contribution is -0.124. The number of nitrogens with zero attached hydrogens (tertiary/aromatic N) is 1. The molecule has 0 saturated heterocycles. The zero-order valence-electron chi connectivity index (χ0n) is 10.4. The minimum Gasteiger partial charge on any atom is -0.324 e. The summed E-state index contributed by atoms with van der Waals surface area (Å²) < 4.78 is 13.5. The molecular weight excluding hydrogens is 311 g/mol. The van der Waals surface area contributed by atoms with Gasteiger partial charge in [0, 0.05) is 4.47 Å². The number of anilines is 1. The molecule has 0 heterocycles. The topological polar surface area (TPSA) is 52.9 Å². The number of amides is 1. The van der Waals surface area contributed by atoms with Gasteiger partial charge in [-0.1, -0.05) is 19.3 Å². The van der Waals surface area contributed by atoms with Gasteiger partial charge in [0.2, 0.25) is 5.91 Å². The fraction of sp³-hybridized carbons (Fsp3) is 0.429. The summed E-state index contributed by atoms with van der Waals surface area (Å²) in [6.07, 6.45) is 4.04. The van der Waals surface area contributed by atoms with Crippen molar-refractivity contribution in [2.75, 3.05) is 5.32 Å². The molecule has 0 bridgehead atoms. The third-order valence-corrected chi connectivity index (χ3v) is 4.19. The molecule has 0 atom stereocenters. The first-order valence-electron chi connectivity index (χ1n) is 6.25. The van der Waals surface area contributed by atoms with Crippen molar-refractivity contribution >= 4 is 27.5 Å². The smallest absolute Gasteiger partial charge is 0.244 e. The molecule has 0 aliphatic heterocycles. The van der Waals surface area contributed by atoms with Crippen molar-refractivity contribution in [3.05, 3.63) is 28.5 Å². The van der Waals surface area contributed by atoms with Crippen molar-refractivity contribution in [3.63, 3.8) is 0 Å². The van der Waals surface area contributed by atoms with Gasteiger partial charge >= 0.3 is 0 Å². The number of hydrogen-bond donors (Lipinski definition) is 1. The maximum atomic E-state index is 13.0. The molecule has 1 aliphatic carbocycles. The average Bonchev–Trinajstić information content (AvgIpc) is 2.42. The van der Waals surface area contributed by atoms with E-state index in [-0.39, 0.29) is 11.7 Å². The lowest BCUT2D eigenvalue weighted by Gasteiger charge is -2.29. The summed E-state index contributed by atoms with van der Waals surface area (Å²) in [5.41, 5.74) is -0.446. The predicted molar refractivity (Wildman–Crippen MR) is 73.9 cm³/mol. The number of hydrogen-bond acceptors (Lipinski definition) is 2. The van der Waals surface area contributed by atoms with Crippen molar-refractivity contribution < 1.29 is 9.18 Å². The monoisotopic (exact) mass is 324 g/mol. The molecule has 1 aromatic rings. The van der Waals surface area contributed by atoms with Crippen LogP contribution >= 0.6 is 15.9 Å². The van der Waals surface area contributed by atoms with Crippen LogP contribution < -0.4 is 5.32 Å². The average molecular weight is 325 g/mol. The summed E-state index contributed by atoms with van der Waals surface area (Å²) in [5, 5.41) is 12.0. The zero-order valence-corrected chi connectivity index (χ0v) is 12.0. The maximum absolute atomic E-state index is 13.0. The minimum atomic E-state index is -0.938. The van der Waals surface area contributed by atoms with Crippen molar-refractivity contribution in [1.82, 2.24) is 0 Å². The third kappa shape index (κ3) is 2.95. The van der Waals surface area contributed by atoms with Gasteiger partial charge in [0.05, 0.1) is 11.8 Å². The summed E-state index contributed by atoms with van der Waals surface area (Å²) in [6, 6.07) is 6.22. The van der Waals surface area contributed by atoms with Crippen molar-refractivity contribution in [3.8, 4) is 6.07 Å². The molecule has 0 unspecified atom stereocenters. The molecule has 0 aromatic heterocycles. The van der Waals surface area contributed by atoms with Crippen LogP contribution in [-0.4, -0.2) is 5.91 Å².